The van der Waals surface area contributed by atoms with Crippen molar-refractivity contribution in [1.29, 1.82) is 0 Å². The third-order valence-electron chi connectivity index (χ3n) is 11.9. The first-order valence-electron chi connectivity index (χ1n) is 19.1. The van der Waals surface area contributed by atoms with Crippen LogP contribution in [0.1, 0.15) is 0 Å². The molecule has 0 N–H and O–H groups in total. The van der Waals surface area contributed by atoms with Crippen LogP contribution in [-0.4, -0.2) is 27.6 Å². The van der Waals surface area contributed by atoms with E-state index in [0.717, 1.165) is 16.7 Å². The van der Waals surface area contributed by atoms with Crippen molar-refractivity contribution in [2.24, 2.45) is 0 Å². The van der Waals surface area contributed by atoms with Crippen LogP contribution in [0, 0.1) is 0 Å². The first-order valence-corrected chi connectivity index (χ1v) is 21.1. The summed E-state index contributed by atoms with van der Waals surface area (Å²) in [6.45, 7) is 0. The molecule has 10 aromatic rings. The lowest BCUT2D eigenvalue weighted by Gasteiger charge is -2.28. The molecule has 0 bridgehead atoms. The zero-order chi connectivity index (χ0) is 36.8. The first kappa shape index (κ1) is 31.2. The smallest absolute Gasteiger partial charge is 0.182 e. The van der Waals surface area contributed by atoms with Gasteiger partial charge < -0.3 is 4.57 Å². The SMILES string of the molecule is c1ccc(-c2nc(-c3ccccc3)nc(-c3cccc4c3-c3ccccc3[Si]43c4ccccc4-c4c(-n5c6ccccc6c6ccccc65)cccc43)n2)cc1. The van der Waals surface area contributed by atoms with Crippen LogP contribution >= 0.6 is 0 Å². The van der Waals surface area contributed by atoms with Gasteiger partial charge in [-0.2, -0.15) is 0 Å². The standard InChI is InChI=1S/C51H32N4Si/c1-3-17-33(18-4-1)49-52-50(34-19-5-2-6-20-34)54-51(53-49)39-25-15-31-45-47(39)37-23-9-13-29-43(37)56(45)44-30-14-10-24-38(44)48-42(28-16-32-46(48)56)55-40-26-11-7-21-35(40)36-22-8-12-27-41(36)55/h1-32H. The number of aromatic nitrogens is 4. The summed E-state index contributed by atoms with van der Waals surface area (Å²) in [6, 6.07) is 70.3. The lowest BCUT2D eigenvalue weighted by Crippen LogP contribution is -2.70. The predicted octanol–water partition coefficient (Wildman–Crippen LogP) is 9.31. The molecule has 1 spiro atoms. The Morgan fingerprint density at radius 2 is 0.750 bits per heavy atom. The van der Waals surface area contributed by atoms with Gasteiger partial charge in [-0.15, -0.1) is 0 Å². The molecular formula is C51H32N4Si. The first-order chi connectivity index (χ1) is 27.8. The van der Waals surface area contributed by atoms with E-state index in [0.29, 0.717) is 17.5 Å². The highest BCUT2D eigenvalue weighted by Crippen LogP contribution is 2.43. The van der Waals surface area contributed by atoms with Gasteiger partial charge in [-0.25, -0.2) is 15.0 Å². The lowest BCUT2D eigenvalue weighted by atomic mass is 9.99. The fourth-order valence-electron chi connectivity index (χ4n) is 9.70. The highest BCUT2D eigenvalue weighted by Gasteiger charge is 2.55. The monoisotopic (exact) mass is 728 g/mol. The maximum Gasteiger partial charge on any atom is 0.182 e. The van der Waals surface area contributed by atoms with E-state index in [-0.39, 0.29) is 0 Å². The Kier molecular flexibility index (Phi) is 6.62. The number of para-hydroxylation sites is 2. The van der Waals surface area contributed by atoms with Crippen LogP contribution in [0.2, 0.25) is 0 Å². The van der Waals surface area contributed by atoms with Gasteiger partial charge in [0.05, 0.1) is 16.7 Å². The van der Waals surface area contributed by atoms with Crippen molar-refractivity contribution >= 4 is 50.6 Å². The van der Waals surface area contributed by atoms with Crippen LogP contribution in [-0.2, 0) is 0 Å². The maximum absolute atomic E-state index is 5.25. The third kappa shape index (κ3) is 4.20. The van der Waals surface area contributed by atoms with Crippen LogP contribution in [0.25, 0.3) is 83.9 Å². The van der Waals surface area contributed by atoms with E-state index < -0.39 is 8.07 Å². The highest BCUT2D eigenvalue weighted by molar-refractivity contribution is 7.24. The van der Waals surface area contributed by atoms with Crippen molar-refractivity contribution in [3.05, 3.63) is 194 Å². The van der Waals surface area contributed by atoms with Gasteiger partial charge in [0, 0.05) is 33.0 Å². The average molecular weight is 729 g/mol. The zero-order valence-corrected chi connectivity index (χ0v) is 31.3. The van der Waals surface area contributed by atoms with Crippen molar-refractivity contribution in [1.82, 2.24) is 19.5 Å². The minimum Gasteiger partial charge on any atom is -0.309 e. The van der Waals surface area contributed by atoms with Gasteiger partial charge in [-0.05, 0) is 55.6 Å². The summed E-state index contributed by atoms with van der Waals surface area (Å²) in [7, 11) is -2.83. The Morgan fingerprint density at radius 1 is 0.321 bits per heavy atom. The summed E-state index contributed by atoms with van der Waals surface area (Å²) in [5.74, 6) is 2.01. The molecule has 0 fully saturated rings. The van der Waals surface area contributed by atoms with Crippen molar-refractivity contribution in [2.75, 3.05) is 0 Å². The fourth-order valence-corrected chi connectivity index (χ4v) is 15.3. The van der Waals surface area contributed by atoms with Crippen molar-refractivity contribution in [3.63, 3.8) is 0 Å². The third-order valence-corrected chi connectivity index (χ3v) is 16.8. The van der Waals surface area contributed by atoms with Gasteiger partial charge in [-0.3, -0.25) is 0 Å². The Hall–Kier alpha value is -7.21. The number of rotatable bonds is 4. The van der Waals surface area contributed by atoms with E-state index in [1.165, 1.54) is 70.5 Å². The number of benzene rings is 8. The van der Waals surface area contributed by atoms with E-state index in [1.807, 2.05) is 36.4 Å². The van der Waals surface area contributed by atoms with Gasteiger partial charge in [-0.1, -0.05) is 176 Å². The quantitative estimate of drug-likeness (QED) is 0.170. The molecule has 2 aliphatic rings. The van der Waals surface area contributed by atoms with Crippen LogP contribution in [0.15, 0.2) is 194 Å². The molecule has 1 unspecified atom stereocenters. The number of hydrogen-bond acceptors (Lipinski definition) is 3. The zero-order valence-electron chi connectivity index (χ0n) is 30.3. The van der Waals surface area contributed by atoms with Crippen LogP contribution in [0.4, 0.5) is 0 Å². The fraction of sp³-hybridized carbons (Fsp3) is 0. The molecule has 2 aromatic heterocycles. The largest absolute Gasteiger partial charge is 0.309 e. The lowest BCUT2D eigenvalue weighted by molar-refractivity contribution is 1.07. The second kappa shape index (κ2) is 11.9. The van der Waals surface area contributed by atoms with E-state index in [4.69, 9.17) is 15.0 Å². The van der Waals surface area contributed by atoms with E-state index in [1.54, 1.807) is 0 Å². The van der Waals surface area contributed by atoms with Crippen LogP contribution < -0.4 is 20.7 Å². The average Bonchev–Trinajstić information content (AvgIpc) is 3.89. The Labute approximate surface area is 325 Å². The molecule has 4 nitrogen and oxygen atoms in total. The minimum atomic E-state index is -2.83. The molecule has 0 amide bonds. The number of hydrogen-bond donors (Lipinski definition) is 0. The van der Waals surface area contributed by atoms with Crippen molar-refractivity contribution in [2.45, 2.75) is 0 Å². The Morgan fingerprint density at radius 3 is 1.36 bits per heavy atom. The summed E-state index contributed by atoms with van der Waals surface area (Å²) in [5.41, 5.74) is 11.7. The molecule has 8 aromatic carbocycles. The van der Waals surface area contributed by atoms with Gasteiger partial charge in [0.15, 0.2) is 25.5 Å². The summed E-state index contributed by atoms with van der Waals surface area (Å²) < 4.78 is 2.49. The van der Waals surface area contributed by atoms with Crippen LogP contribution in [0.5, 0.6) is 0 Å². The highest BCUT2D eigenvalue weighted by atomic mass is 28.3. The van der Waals surface area contributed by atoms with E-state index >= 15 is 0 Å². The summed E-state index contributed by atoms with van der Waals surface area (Å²) in [5, 5.41) is 8.17. The molecule has 5 heteroatoms. The van der Waals surface area contributed by atoms with Crippen molar-refractivity contribution < 1.29 is 0 Å². The van der Waals surface area contributed by atoms with Gasteiger partial charge in [0.1, 0.15) is 0 Å². The second-order valence-corrected chi connectivity index (χ2v) is 18.3. The molecule has 0 radical (unpaired) electrons. The van der Waals surface area contributed by atoms with Gasteiger partial charge >= 0.3 is 0 Å². The molecule has 0 saturated carbocycles. The molecule has 4 heterocycles. The topological polar surface area (TPSA) is 43.6 Å². The van der Waals surface area contributed by atoms with Gasteiger partial charge in [0.25, 0.3) is 0 Å². The minimum absolute atomic E-state index is 0.665. The molecule has 260 valence electrons. The van der Waals surface area contributed by atoms with Gasteiger partial charge in [0.2, 0.25) is 0 Å². The predicted molar refractivity (Wildman–Crippen MR) is 232 cm³/mol. The van der Waals surface area contributed by atoms with E-state index in [2.05, 4.69) is 162 Å². The molecular weight excluding hydrogens is 697 g/mol. The number of nitrogens with zero attached hydrogens (tertiary/aromatic N) is 4. The van der Waals surface area contributed by atoms with E-state index in [9.17, 15) is 0 Å². The summed E-state index contributed by atoms with van der Waals surface area (Å²) in [6.07, 6.45) is 0. The molecule has 0 aliphatic carbocycles. The Bertz CT molecular complexity index is 3100. The normalized spacial score (nSPS) is 14.9. The molecule has 56 heavy (non-hydrogen) atoms. The maximum atomic E-state index is 5.25. The van der Waals surface area contributed by atoms with Crippen molar-refractivity contribution in [3.8, 4) is 62.1 Å². The summed E-state index contributed by atoms with van der Waals surface area (Å²) in [4.78, 5) is 15.5. The molecule has 2 aliphatic heterocycles. The summed E-state index contributed by atoms with van der Waals surface area (Å²) >= 11 is 0. The molecule has 12 rings (SSSR count). The second-order valence-electron chi connectivity index (χ2n) is 14.7. The number of fused-ring (bicyclic) bond motifs is 13. The van der Waals surface area contributed by atoms with Crippen LogP contribution in [0.3, 0.4) is 0 Å². The molecule has 0 saturated heterocycles. The molecule has 1 atom stereocenters. The Balaban J connectivity index is 1.16.